The number of alkyl carbamates (subject to hydrolysis) is 1. The molecule has 1 aliphatic carbocycles. The second kappa shape index (κ2) is 10.9. The van der Waals surface area contributed by atoms with Crippen molar-refractivity contribution in [1.82, 2.24) is 20.5 Å². The Kier molecular flexibility index (Phi) is 7.82. The number of anilines is 1. The Labute approximate surface area is 215 Å². The number of rotatable bonds is 6. The van der Waals surface area contributed by atoms with Crippen molar-refractivity contribution in [1.29, 1.82) is 0 Å². The van der Waals surface area contributed by atoms with Gasteiger partial charge in [-0.1, -0.05) is 30.3 Å². The summed E-state index contributed by atoms with van der Waals surface area (Å²) in [6.07, 6.45) is 3.25. The zero-order chi connectivity index (χ0) is 25.9. The normalized spacial score (nSPS) is 20.4. The maximum Gasteiger partial charge on any atom is 0.408 e. The zero-order valence-corrected chi connectivity index (χ0v) is 21.9. The van der Waals surface area contributed by atoms with Crippen LogP contribution < -0.4 is 16.4 Å². The smallest absolute Gasteiger partial charge is 0.408 e. The largest absolute Gasteiger partial charge is 0.444 e. The van der Waals surface area contributed by atoms with Crippen molar-refractivity contribution in [2.75, 3.05) is 12.3 Å². The first kappa shape index (κ1) is 25.9. The summed E-state index contributed by atoms with van der Waals surface area (Å²) in [4.78, 5) is 46.6. The van der Waals surface area contributed by atoms with Gasteiger partial charge in [-0.15, -0.1) is 11.3 Å². The van der Waals surface area contributed by atoms with E-state index in [0.29, 0.717) is 30.9 Å². The van der Waals surface area contributed by atoms with Gasteiger partial charge in [0.15, 0.2) is 5.13 Å². The zero-order valence-electron chi connectivity index (χ0n) is 21.1. The van der Waals surface area contributed by atoms with Crippen LogP contribution in [0.1, 0.15) is 56.2 Å². The third-order valence-corrected chi connectivity index (χ3v) is 7.36. The molecule has 194 valence electrons. The average Bonchev–Trinajstić information content (AvgIpc) is 3.43. The summed E-state index contributed by atoms with van der Waals surface area (Å²) in [5.74, 6) is -0.425. The number of thiazole rings is 1. The Morgan fingerprint density at radius 2 is 1.97 bits per heavy atom. The molecule has 3 amide bonds. The van der Waals surface area contributed by atoms with Crippen LogP contribution in [0.2, 0.25) is 0 Å². The van der Waals surface area contributed by atoms with E-state index in [1.54, 1.807) is 25.7 Å². The molecule has 1 aromatic carbocycles. The van der Waals surface area contributed by atoms with E-state index in [4.69, 9.17) is 10.5 Å². The van der Waals surface area contributed by atoms with Crippen LogP contribution >= 0.6 is 11.3 Å². The standard InChI is InChI=1S/C26H35N5O4S/c1-26(2,3)35-25(34)30-19(14-16-8-5-4-6-9-16)23(33)31-13-7-10-20(31)22(32)28-17-11-12-18-21(15-17)36-24(27)29-18/h4-6,8-9,17,19-20H,7,10-15H2,1-3H3,(H2,27,29)(H,28,32)(H,30,34)/t17?,19-,20+/m1/s1. The van der Waals surface area contributed by atoms with E-state index in [1.165, 1.54) is 11.3 Å². The van der Waals surface area contributed by atoms with Crippen molar-refractivity contribution in [2.24, 2.45) is 0 Å². The monoisotopic (exact) mass is 513 g/mol. The van der Waals surface area contributed by atoms with Crippen LogP contribution in [-0.4, -0.2) is 58.1 Å². The van der Waals surface area contributed by atoms with Gasteiger partial charge in [0.1, 0.15) is 17.7 Å². The lowest BCUT2D eigenvalue weighted by atomic mass is 9.97. The molecule has 10 heteroatoms. The molecule has 9 nitrogen and oxygen atoms in total. The van der Waals surface area contributed by atoms with E-state index in [9.17, 15) is 14.4 Å². The fourth-order valence-corrected chi connectivity index (χ4v) is 5.78. The fraction of sp³-hybridized carbons (Fsp3) is 0.538. The molecular weight excluding hydrogens is 478 g/mol. The predicted molar refractivity (Wildman–Crippen MR) is 139 cm³/mol. The number of fused-ring (bicyclic) bond motifs is 1. The van der Waals surface area contributed by atoms with Crippen LogP contribution in [0.15, 0.2) is 30.3 Å². The Balaban J connectivity index is 1.44. The summed E-state index contributed by atoms with van der Waals surface area (Å²) < 4.78 is 5.41. The number of likely N-dealkylation sites (tertiary alicyclic amines) is 1. The van der Waals surface area contributed by atoms with Gasteiger partial charge in [0.25, 0.3) is 0 Å². The maximum atomic E-state index is 13.7. The van der Waals surface area contributed by atoms with E-state index >= 15 is 0 Å². The van der Waals surface area contributed by atoms with Crippen molar-refractivity contribution < 1.29 is 19.1 Å². The van der Waals surface area contributed by atoms with Gasteiger partial charge >= 0.3 is 6.09 Å². The minimum absolute atomic E-state index is 0.0117. The number of carbonyl (C=O) groups is 3. The molecule has 3 atom stereocenters. The maximum absolute atomic E-state index is 13.7. The number of aryl methyl sites for hydroxylation is 1. The van der Waals surface area contributed by atoms with Crippen molar-refractivity contribution >= 4 is 34.4 Å². The van der Waals surface area contributed by atoms with Crippen LogP contribution in [0.3, 0.4) is 0 Å². The number of amides is 3. The van der Waals surface area contributed by atoms with E-state index in [-0.39, 0.29) is 17.9 Å². The Morgan fingerprint density at radius 3 is 2.69 bits per heavy atom. The number of nitrogen functional groups attached to an aromatic ring is 1. The van der Waals surface area contributed by atoms with Gasteiger partial charge in [-0.3, -0.25) is 9.59 Å². The van der Waals surface area contributed by atoms with Crippen LogP contribution in [0.4, 0.5) is 9.93 Å². The molecule has 2 aliphatic rings. The first-order chi connectivity index (χ1) is 17.1. The number of nitrogens with two attached hydrogens (primary N) is 1. The van der Waals surface area contributed by atoms with Gasteiger partial charge in [0.05, 0.1) is 5.69 Å². The third kappa shape index (κ3) is 6.54. The van der Waals surface area contributed by atoms with Gasteiger partial charge in [-0.2, -0.15) is 0 Å². The first-order valence-corrected chi connectivity index (χ1v) is 13.3. The SMILES string of the molecule is CC(C)(C)OC(=O)N[C@H](Cc1ccccc1)C(=O)N1CCC[C@H]1C(=O)NC1CCc2nc(N)sc2C1. The van der Waals surface area contributed by atoms with Gasteiger partial charge < -0.3 is 26.0 Å². The van der Waals surface area contributed by atoms with Gasteiger partial charge in [0, 0.05) is 30.3 Å². The van der Waals surface area contributed by atoms with E-state index in [1.807, 2.05) is 30.3 Å². The molecule has 1 unspecified atom stereocenters. The number of hydrogen-bond donors (Lipinski definition) is 3. The Bertz CT molecular complexity index is 1100. The minimum Gasteiger partial charge on any atom is -0.444 e. The second-order valence-corrected chi connectivity index (χ2v) is 11.6. The molecular formula is C26H35N5O4S. The molecule has 1 aromatic heterocycles. The molecule has 0 spiro atoms. The van der Waals surface area contributed by atoms with Crippen molar-refractivity contribution in [2.45, 2.75) is 83.0 Å². The number of nitrogens with zero attached hydrogens (tertiary/aromatic N) is 2. The second-order valence-electron chi connectivity index (χ2n) is 10.4. The molecule has 0 saturated carbocycles. The summed E-state index contributed by atoms with van der Waals surface area (Å²) in [6.45, 7) is 5.79. The summed E-state index contributed by atoms with van der Waals surface area (Å²) in [7, 11) is 0. The number of hydrogen-bond acceptors (Lipinski definition) is 7. The predicted octanol–water partition coefficient (Wildman–Crippen LogP) is 2.83. The summed E-state index contributed by atoms with van der Waals surface area (Å²) >= 11 is 1.47. The molecule has 2 aromatic rings. The summed E-state index contributed by atoms with van der Waals surface area (Å²) in [5.41, 5.74) is 7.09. The quantitative estimate of drug-likeness (QED) is 0.545. The topological polar surface area (TPSA) is 127 Å². The lowest BCUT2D eigenvalue weighted by molar-refractivity contribution is -0.140. The minimum atomic E-state index is -0.840. The molecule has 1 saturated heterocycles. The lowest BCUT2D eigenvalue weighted by Crippen LogP contribution is -2.55. The Hall–Kier alpha value is -3.14. The summed E-state index contributed by atoms with van der Waals surface area (Å²) in [6, 6.07) is 8.09. The molecule has 1 fully saturated rings. The van der Waals surface area contributed by atoms with E-state index < -0.39 is 23.8 Å². The van der Waals surface area contributed by atoms with Gasteiger partial charge in [0.2, 0.25) is 11.8 Å². The van der Waals surface area contributed by atoms with Crippen molar-refractivity contribution in [3.63, 3.8) is 0 Å². The molecule has 2 heterocycles. The highest BCUT2D eigenvalue weighted by molar-refractivity contribution is 7.15. The first-order valence-electron chi connectivity index (χ1n) is 12.5. The van der Waals surface area contributed by atoms with Crippen molar-refractivity contribution in [3.8, 4) is 0 Å². The number of carbonyl (C=O) groups excluding carboxylic acids is 3. The highest BCUT2D eigenvalue weighted by atomic mass is 32.1. The molecule has 0 radical (unpaired) electrons. The van der Waals surface area contributed by atoms with Crippen LogP contribution in [0.5, 0.6) is 0 Å². The number of benzene rings is 1. The highest BCUT2D eigenvalue weighted by Gasteiger charge is 2.39. The van der Waals surface area contributed by atoms with E-state index in [2.05, 4.69) is 15.6 Å². The number of aromatic nitrogens is 1. The van der Waals surface area contributed by atoms with Gasteiger partial charge in [-0.05, 0) is 52.0 Å². The molecule has 1 aliphatic heterocycles. The Morgan fingerprint density at radius 1 is 1.22 bits per heavy atom. The molecule has 4 N–H and O–H groups in total. The van der Waals surface area contributed by atoms with Gasteiger partial charge in [-0.25, -0.2) is 9.78 Å². The van der Waals surface area contributed by atoms with E-state index in [0.717, 1.165) is 35.4 Å². The molecule has 36 heavy (non-hydrogen) atoms. The summed E-state index contributed by atoms with van der Waals surface area (Å²) in [5, 5.41) is 6.46. The fourth-order valence-electron chi connectivity index (χ4n) is 4.82. The average molecular weight is 514 g/mol. The van der Waals surface area contributed by atoms with Crippen LogP contribution in [0, 0.1) is 0 Å². The third-order valence-electron chi connectivity index (χ3n) is 6.41. The molecule has 4 rings (SSSR count). The van der Waals surface area contributed by atoms with Crippen molar-refractivity contribution in [3.05, 3.63) is 46.5 Å². The highest BCUT2D eigenvalue weighted by Crippen LogP contribution is 2.28. The lowest BCUT2D eigenvalue weighted by Gasteiger charge is -2.31. The molecule has 0 bridgehead atoms. The van der Waals surface area contributed by atoms with Crippen LogP contribution in [0.25, 0.3) is 0 Å². The van der Waals surface area contributed by atoms with Crippen LogP contribution in [-0.2, 0) is 33.6 Å². The number of nitrogens with one attached hydrogen (secondary N) is 2. The number of ether oxygens (including phenoxy) is 1.